The van der Waals surface area contributed by atoms with Crippen LogP contribution in [0.25, 0.3) is 0 Å². The van der Waals surface area contributed by atoms with E-state index in [-0.39, 0.29) is 24.7 Å². The standard InChI is InChI=1S/C24H24O10/c1-12(25)34-15-9-17-16(32-11-33-17)8-14(15)21(22-20(29-4)10-31-24(22)26)13-6-18(27-2)23(30-5)19(7-13)28-3/h6-9,21H,10-11H2,1-5H3. The number of rotatable bonds is 8. The number of esters is 2. The summed E-state index contributed by atoms with van der Waals surface area (Å²) in [5, 5.41) is 0. The second-order valence-electron chi connectivity index (χ2n) is 7.35. The quantitative estimate of drug-likeness (QED) is 0.420. The molecule has 34 heavy (non-hydrogen) atoms. The van der Waals surface area contributed by atoms with Crippen molar-refractivity contribution in [3.05, 3.63) is 46.7 Å². The molecule has 0 aliphatic carbocycles. The number of methoxy groups -OCH3 is 4. The van der Waals surface area contributed by atoms with Crippen molar-refractivity contribution in [1.29, 1.82) is 0 Å². The van der Waals surface area contributed by atoms with Crippen LogP contribution in [0.15, 0.2) is 35.6 Å². The topological polar surface area (TPSA) is 108 Å². The molecule has 2 aromatic carbocycles. The van der Waals surface area contributed by atoms with Gasteiger partial charge in [-0.05, 0) is 23.8 Å². The minimum absolute atomic E-state index is 0.0151. The first-order valence-electron chi connectivity index (χ1n) is 10.3. The Bertz CT molecular complexity index is 1140. The van der Waals surface area contributed by atoms with Crippen LogP contribution in [0.4, 0.5) is 0 Å². The SMILES string of the molecule is COC1=C(C(c2cc(OC)c(OC)c(OC)c2)c2cc3c(cc2OC(C)=O)OCO3)C(=O)OC1. The van der Waals surface area contributed by atoms with Crippen LogP contribution in [-0.4, -0.2) is 53.8 Å². The largest absolute Gasteiger partial charge is 0.497 e. The van der Waals surface area contributed by atoms with Crippen LogP contribution >= 0.6 is 0 Å². The van der Waals surface area contributed by atoms with Crippen molar-refractivity contribution in [2.75, 3.05) is 41.8 Å². The first-order chi connectivity index (χ1) is 16.4. The van der Waals surface area contributed by atoms with E-state index in [1.165, 1.54) is 35.4 Å². The Balaban J connectivity index is 2.03. The lowest BCUT2D eigenvalue weighted by molar-refractivity contribution is -0.136. The summed E-state index contributed by atoms with van der Waals surface area (Å²) >= 11 is 0. The van der Waals surface area contributed by atoms with Crippen LogP contribution in [0.5, 0.6) is 34.5 Å². The van der Waals surface area contributed by atoms with Crippen LogP contribution in [-0.2, 0) is 19.1 Å². The summed E-state index contributed by atoms with van der Waals surface area (Å²) in [7, 11) is 5.93. The monoisotopic (exact) mass is 472 g/mol. The number of hydrogen-bond acceptors (Lipinski definition) is 10. The third-order valence-corrected chi connectivity index (χ3v) is 5.48. The Morgan fingerprint density at radius 3 is 2.06 bits per heavy atom. The van der Waals surface area contributed by atoms with Crippen molar-refractivity contribution in [1.82, 2.24) is 0 Å². The average molecular weight is 472 g/mol. The fourth-order valence-electron chi connectivity index (χ4n) is 4.03. The van der Waals surface area contributed by atoms with E-state index >= 15 is 0 Å². The molecule has 0 bridgehead atoms. The lowest BCUT2D eigenvalue weighted by Gasteiger charge is -2.23. The highest BCUT2D eigenvalue weighted by molar-refractivity contribution is 5.94. The number of carbonyl (C=O) groups excluding carboxylic acids is 2. The molecule has 0 saturated heterocycles. The van der Waals surface area contributed by atoms with Crippen LogP contribution in [0, 0.1) is 0 Å². The van der Waals surface area contributed by atoms with Gasteiger partial charge in [-0.15, -0.1) is 0 Å². The van der Waals surface area contributed by atoms with Crippen LogP contribution < -0.4 is 28.4 Å². The molecule has 0 radical (unpaired) electrons. The molecule has 0 aromatic heterocycles. The third kappa shape index (κ3) is 4.02. The van der Waals surface area contributed by atoms with E-state index in [4.69, 9.17) is 37.9 Å². The summed E-state index contributed by atoms with van der Waals surface area (Å²) in [6.45, 7) is 1.27. The highest BCUT2D eigenvalue weighted by Crippen LogP contribution is 2.49. The van der Waals surface area contributed by atoms with Gasteiger partial charge in [0, 0.05) is 24.5 Å². The van der Waals surface area contributed by atoms with Crippen LogP contribution in [0.2, 0.25) is 0 Å². The first kappa shape index (κ1) is 23.1. The maximum atomic E-state index is 12.9. The van der Waals surface area contributed by atoms with Gasteiger partial charge in [0.2, 0.25) is 12.5 Å². The van der Waals surface area contributed by atoms with E-state index in [1.54, 1.807) is 24.3 Å². The van der Waals surface area contributed by atoms with Crippen molar-refractivity contribution < 1.29 is 47.5 Å². The number of ether oxygens (including phenoxy) is 8. The summed E-state index contributed by atoms with van der Waals surface area (Å²) in [5.74, 6) is 0.614. The summed E-state index contributed by atoms with van der Waals surface area (Å²) < 4.78 is 43.8. The normalized spacial score (nSPS) is 15.0. The fourth-order valence-corrected chi connectivity index (χ4v) is 4.03. The van der Waals surface area contributed by atoms with Crippen molar-refractivity contribution >= 4 is 11.9 Å². The molecule has 0 amide bonds. The molecule has 0 fully saturated rings. The second-order valence-corrected chi connectivity index (χ2v) is 7.35. The molecule has 1 atom stereocenters. The van der Waals surface area contributed by atoms with Gasteiger partial charge in [0.25, 0.3) is 0 Å². The van der Waals surface area contributed by atoms with Crippen molar-refractivity contribution in [3.8, 4) is 34.5 Å². The Kier molecular flexibility index (Phi) is 6.40. The van der Waals surface area contributed by atoms with E-state index in [2.05, 4.69) is 0 Å². The predicted molar refractivity (Wildman–Crippen MR) is 117 cm³/mol. The molecule has 2 aliphatic heterocycles. The molecule has 0 N–H and O–H groups in total. The van der Waals surface area contributed by atoms with Gasteiger partial charge < -0.3 is 37.9 Å². The molecule has 0 spiro atoms. The molecule has 0 saturated carbocycles. The van der Waals surface area contributed by atoms with E-state index in [9.17, 15) is 9.59 Å². The molecule has 10 heteroatoms. The fraction of sp³-hybridized carbons (Fsp3) is 0.333. The van der Waals surface area contributed by atoms with Crippen molar-refractivity contribution in [3.63, 3.8) is 0 Å². The predicted octanol–water partition coefficient (Wildman–Crippen LogP) is 2.96. The number of fused-ring (bicyclic) bond motifs is 1. The minimum atomic E-state index is -0.803. The smallest absolute Gasteiger partial charge is 0.338 e. The molecular formula is C24H24O10. The summed E-state index contributed by atoms with van der Waals surface area (Å²) in [6, 6.07) is 6.64. The zero-order valence-electron chi connectivity index (χ0n) is 19.4. The van der Waals surface area contributed by atoms with Crippen LogP contribution in [0.3, 0.4) is 0 Å². The molecular weight excluding hydrogens is 448 g/mol. The highest BCUT2D eigenvalue weighted by Gasteiger charge is 2.38. The van der Waals surface area contributed by atoms with Crippen LogP contribution in [0.1, 0.15) is 24.0 Å². The second kappa shape index (κ2) is 9.42. The lowest BCUT2D eigenvalue weighted by atomic mass is 9.83. The van der Waals surface area contributed by atoms with E-state index < -0.39 is 17.9 Å². The maximum Gasteiger partial charge on any atom is 0.338 e. The molecule has 2 heterocycles. The maximum absolute atomic E-state index is 12.9. The van der Waals surface area contributed by atoms with Gasteiger partial charge >= 0.3 is 11.9 Å². The van der Waals surface area contributed by atoms with Gasteiger partial charge in [-0.1, -0.05) is 0 Å². The first-order valence-corrected chi connectivity index (χ1v) is 10.3. The number of benzene rings is 2. The zero-order valence-corrected chi connectivity index (χ0v) is 19.4. The summed E-state index contributed by atoms with van der Waals surface area (Å²) in [4.78, 5) is 24.9. The molecule has 2 aromatic rings. The Hall–Kier alpha value is -4.08. The number of hydrogen-bond donors (Lipinski definition) is 0. The number of carbonyl (C=O) groups is 2. The van der Waals surface area contributed by atoms with Gasteiger partial charge in [0.15, 0.2) is 23.0 Å². The van der Waals surface area contributed by atoms with Gasteiger partial charge in [-0.25, -0.2) is 4.79 Å². The Labute approximate surface area is 195 Å². The zero-order chi connectivity index (χ0) is 24.4. The van der Waals surface area contributed by atoms with Gasteiger partial charge in [0.05, 0.1) is 34.0 Å². The van der Waals surface area contributed by atoms with E-state index in [0.29, 0.717) is 45.6 Å². The summed E-state index contributed by atoms with van der Waals surface area (Å²) in [5.41, 5.74) is 1.27. The molecule has 10 nitrogen and oxygen atoms in total. The van der Waals surface area contributed by atoms with E-state index in [1.807, 2.05) is 0 Å². The number of cyclic esters (lactones) is 1. The van der Waals surface area contributed by atoms with Crippen molar-refractivity contribution in [2.24, 2.45) is 0 Å². The average Bonchev–Trinajstić information content (AvgIpc) is 3.44. The molecule has 2 aliphatic rings. The Morgan fingerprint density at radius 1 is 0.853 bits per heavy atom. The minimum Gasteiger partial charge on any atom is -0.497 e. The molecule has 4 rings (SSSR count). The summed E-state index contributed by atoms with van der Waals surface area (Å²) in [6.07, 6.45) is 0. The van der Waals surface area contributed by atoms with Gasteiger partial charge in [-0.3, -0.25) is 4.79 Å². The Morgan fingerprint density at radius 2 is 1.50 bits per heavy atom. The lowest BCUT2D eigenvalue weighted by Crippen LogP contribution is -2.15. The molecule has 180 valence electrons. The van der Waals surface area contributed by atoms with E-state index in [0.717, 1.165) is 0 Å². The molecule has 1 unspecified atom stereocenters. The van der Waals surface area contributed by atoms with Crippen molar-refractivity contribution in [2.45, 2.75) is 12.8 Å². The highest BCUT2D eigenvalue weighted by atomic mass is 16.7. The third-order valence-electron chi connectivity index (χ3n) is 5.48. The van der Waals surface area contributed by atoms with Gasteiger partial charge in [0.1, 0.15) is 18.1 Å². The van der Waals surface area contributed by atoms with Gasteiger partial charge in [-0.2, -0.15) is 0 Å².